The van der Waals surface area contributed by atoms with Gasteiger partial charge in [-0.3, -0.25) is 14.6 Å². The first-order valence-corrected chi connectivity index (χ1v) is 16.2. The molecule has 6 rings (SSSR count). The van der Waals surface area contributed by atoms with Crippen molar-refractivity contribution in [1.82, 2.24) is 10.3 Å². The van der Waals surface area contributed by atoms with Crippen LogP contribution in [0.3, 0.4) is 0 Å². The molecule has 3 aromatic carbocycles. The van der Waals surface area contributed by atoms with Gasteiger partial charge in [-0.2, -0.15) is 0 Å². The Hall–Kier alpha value is -5.07. The Bertz CT molecular complexity index is 2080. The van der Waals surface area contributed by atoms with Gasteiger partial charge in [0, 0.05) is 35.0 Å². The molecule has 0 bridgehead atoms. The molecule has 2 heterocycles. The third kappa shape index (κ3) is 6.13. The van der Waals surface area contributed by atoms with E-state index in [-0.39, 0.29) is 67.8 Å². The number of fused-ring (bicyclic) bond motifs is 1. The monoisotopic (exact) mass is 721 g/mol. The fourth-order valence-electron chi connectivity index (χ4n) is 5.75. The molecule has 2 atom stereocenters. The summed E-state index contributed by atoms with van der Waals surface area (Å²) >= 11 is 12.7. The summed E-state index contributed by atoms with van der Waals surface area (Å²) in [5.41, 5.74) is 10.6. The van der Waals surface area contributed by atoms with E-state index >= 15 is 0 Å². The number of halogens is 4. The molecule has 5 N–H and O–H groups in total. The minimum atomic E-state index is -1.79. The predicted octanol–water partition coefficient (Wildman–Crippen LogP) is 5.56. The second kappa shape index (κ2) is 13.3. The minimum Gasteiger partial charge on any atom is -0.495 e. The Morgan fingerprint density at radius 3 is 2.50 bits per heavy atom. The SMILES string of the molecule is COc1cc(C(=O)NC[C@@](C=O)(c2ccc(F)cc2)c2cc3c(c(-c4ccc(F)c(Cl)c4Cl)n2)OC[C@]3(C)C(N)=O)cc(C=NC2CC2)c1N. The normalized spacial score (nSPS) is 17.9. The largest absolute Gasteiger partial charge is 0.495 e. The summed E-state index contributed by atoms with van der Waals surface area (Å²) < 4.78 is 40.0. The van der Waals surface area contributed by atoms with Crippen molar-refractivity contribution in [3.8, 4) is 22.8 Å². The molecule has 0 radical (unpaired) electrons. The van der Waals surface area contributed by atoms with Crippen molar-refractivity contribution in [2.75, 3.05) is 26.0 Å². The number of amides is 2. The van der Waals surface area contributed by atoms with Crippen LogP contribution in [0.15, 0.2) is 59.6 Å². The lowest BCUT2D eigenvalue weighted by Gasteiger charge is -2.30. The van der Waals surface area contributed by atoms with Crippen LogP contribution in [0.1, 0.15) is 52.5 Å². The van der Waals surface area contributed by atoms with Crippen LogP contribution in [0.25, 0.3) is 11.3 Å². The fraction of sp³-hybridized carbons (Fsp3) is 0.250. The maximum Gasteiger partial charge on any atom is 0.251 e. The smallest absolute Gasteiger partial charge is 0.251 e. The highest BCUT2D eigenvalue weighted by Gasteiger charge is 2.46. The van der Waals surface area contributed by atoms with E-state index in [9.17, 15) is 23.2 Å². The van der Waals surface area contributed by atoms with Crippen LogP contribution in [0.4, 0.5) is 14.5 Å². The first-order valence-electron chi connectivity index (χ1n) is 15.5. The number of methoxy groups -OCH3 is 1. The molecular weight excluding hydrogens is 691 g/mol. The number of pyridine rings is 1. The van der Waals surface area contributed by atoms with Crippen molar-refractivity contribution < 1.29 is 32.6 Å². The molecule has 14 heteroatoms. The molecule has 1 aromatic heterocycles. The standard InChI is InChI=1S/C36H31Cl2F2N5O5/c1-35(34(42)48)17-50-32-24(35)13-27(45-31(32)23-9-10-25(40)29(38)28(23)37)36(16-46,20-3-5-21(39)6-4-20)15-44-33(47)18-11-19(14-43-22-7-8-22)30(41)26(12-18)49-2/h3-6,9-14,16,22H,7-8,15,17,41H2,1-2H3,(H2,42,48)(H,44,47)/t35-,36+/m0/s1. The Labute approximate surface area is 295 Å². The number of anilines is 1. The van der Waals surface area contributed by atoms with Gasteiger partial charge < -0.3 is 31.1 Å². The van der Waals surface area contributed by atoms with E-state index in [0.29, 0.717) is 17.5 Å². The number of aromatic nitrogens is 1. The van der Waals surface area contributed by atoms with Crippen LogP contribution in [0.5, 0.6) is 11.5 Å². The van der Waals surface area contributed by atoms with E-state index in [4.69, 9.17) is 49.1 Å². The van der Waals surface area contributed by atoms with E-state index in [1.165, 1.54) is 37.4 Å². The molecule has 4 aromatic rings. The highest BCUT2D eigenvalue weighted by atomic mass is 35.5. The van der Waals surface area contributed by atoms with Gasteiger partial charge in [-0.05, 0) is 67.8 Å². The molecule has 1 aliphatic carbocycles. The quantitative estimate of drug-likeness (QED) is 0.0792. The van der Waals surface area contributed by atoms with Crippen LogP contribution >= 0.6 is 23.2 Å². The van der Waals surface area contributed by atoms with Crippen molar-refractivity contribution in [1.29, 1.82) is 0 Å². The highest BCUT2D eigenvalue weighted by Crippen LogP contribution is 2.48. The molecule has 258 valence electrons. The van der Waals surface area contributed by atoms with Gasteiger partial charge >= 0.3 is 0 Å². The molecule has 1 fully saturated rings. The number of nitrogens with one attached hydrogen (secondary N) is 1. The van der Waals surface area contributed by atoms with Crippen LogP contribution in [0.2, 0.25) is 10.0 Å². The number of aldehydes is 1. The van der Waals surface area contributed by atoms with Crippen molar-refractivity contribution in [3.63, 3.8) is 0 Å². The van der Waals surface area contributed by atoms with Crippen LogP contribution < -0.4 is 26.3 Å². The molecule has 10 nitrogen and oxygen atoms in total. The van der Waals surface area contributed by atoms with Crippen molar-refractivity contribution >= 4 is 53.2 Å². The number of rotatable bonds is 11. The van der Waals surface area contributed by atoms with Crippen molar-refractivity contribution in [2.24, 2.45) is 10.7 Å². The van der Waals surface area contributed by atoms with Gasteiger partial charge in [0.2, 0.25) is 5.91 Å². The number of ether oxygens (including phenoxy) is 2. The van der Waals surface area contributed by atoms with E-state index < -0.39 is 40.8 Å². The number of benzene rings is 3. The van der Waals surface area contributed by atoms with Crippen LogP contribution in [-0.2, 0) is 20.4 Å². The average molecular weight is 723 g/mol. The van der Waals surface area contributed by atoms with Crippen molar-refractivity contribution in [2.45, 2.75) is 36.6 Å². The Kier molecular flexibility index (Phi) is 9.27. The summed E-state index contributed by atoms with van der Waals surface area (Å²) in [6, 6.07) is 12.2. The number of carbonyl (C=O) groups excluding carboxylic acids is 3. The average Bonchev–Trinajstić information content (AvgIpc) is 3.88. The summed E-state index contributed by atoms with van der Waals surface area (Å²) in [6.07, 6.45) is 4.09. The number of hydrogen-bond donors (Lipinski definition) is 3. The summed E-state index contributed by atoms with van der Waals surface area (Å²) in [6.45, 7) is 1.00. The zero-order valence-electron chi connectivity index (χ0n) is 26.9. The third-order valence-electron chi connectivity index (χ3n) is 9.08. The Morgan fingerprint density at radius 1 is 1.14 bits per heavy atom. The molecule has 1 saturated carbocycles. The zero-order valence-corrected chi connectivity index (χ0v) is 28.4. The second-order valence-corrected chi connectivity index (χ2v) is 13.2. The zero-order chi connectivity index (χ0) is 36.0. The molecule has 1 aliphatic heterocycles. The van der Waals surface area contributed by atoms with Crippen LogP contribution in [-0.4, -0.2) is 55.6 Å². The number of nitrogens with two attached hydrogens (primary N) is 2. The molecule has 0 unspecified atom stereocenters. The molecule has 0 spiro atoms. The lowest BCUT2D eigenvalue weighted by molar-refractivity contribution is -0.123. The Balaban J connectivity index is 1.51. The van der Waals surface area contributed by atoms with E-state index in [1.807, 2.05) is 0 Å². The minimum absolute atomic E-state index is 0.0230. The van der Waals surface area contributed by atoms with E-state index in [0.717, 1.165) is 31.0 Å². The van der Waals surface area contributed by atoms with E-state index in [2.05, 4.69) is 10.3 Å². The van der Waals surface area contributed by atoms with Gasteiger partial charge in [-0.15, -0.1) is 0 Å². The first-order chi connectivity index (χ1) is 23.8. The van der Waals surface area contributed by atoms with Gasteiger partial charge in [0.25, 0.3) is 5.91 Å². The van der Waals surface area contributed by atoms with Gasteiger partial charge in [0.15, 0.2) is 0 Å². The van der Waals surface area contributed by atoms with Gasteiger partial charge in [-0.25, -0.2) is 13.8 Å². The highest BCUT2D eigenvalue weighted by molar-refractivity contribution is 6.43. The fourth-order valence-corrected chi connectivity index (χ4v) is 6.16. The number of hydrogen-bond acceptors (Lipinski definition) is 8. The lowest BCUT2D eigenvalue weighted by Crippen LogP contribution is -2.44. The number of carbonyl (C=O) groups is 3. The summed E-state index contributed by atoms with van der Waals surface area (Å²) in [4.78, 5) is 49.3. The summed E-state index contributed by atoms with van der Waals surface area (Å²) in [7, 11) is 1.42. The van der Waals surface area contributed by atoms with Gasteiger partial charge in [0.1, 0.15) is 52.6 Å². The topological polar surface area (TPSA) is 159 Å². The molecule has 50 heavy (non-hydrogen) atoms. The van der Waals surface area contributed by atoms with Crippen LogP contribution in [0, 0.1) is 11.6 Å². The number of aliphatic imine (C=N–C) groups is 1. The Morgan fingerprint density at radius 2 is 1.86 bits per heavy atom. The number of nitrogen functional groups attached to an aromatic ring is 1. The first kappa shape index (κ1) is 34.8. The lowest BCUT2D eigenvalue weighted by atomic mass is 9.75. The van der Waals surface area contributed by atoms with Gasteiger partial charge in [0.05, 0.1) is 34.6 Å². The summed E-state index contributed by atoms with van der Waals surface area (Å²) in [5.74, 6) is -2.31. The maximum absolute atomic E-state index is 14.4. The summed E-state index contributed by atoms with van der Waals surface area (Å²) in [5, 5.41) is 2.24. The van der Waals surface area contributed by atoms with Crippen molar-refractivity contribution in [3.05, 3.63) is 104 Å². The second-order valence-electron chi connectivity index (χ2n) is 12.4. The maximum atomic E-state index is 14.4. The number of nitrogens with zero attached hydrogens (tertiary/aromatic N) is 2. The predicted molar refractivity (Wildman–Crippen MR) is 185 cm³/mol. The molecule has 0 saturated heterocycles. The molecule has 2 aliphatic rings. The molecule has 2 amide bonds. The van der Waals surface area contributed by atoms with Gasteiger partial charge in [-0.1, -0.05) is 35.3 Å². The molecular formula is C36H31Cl2F2N5O5. The third-order valence-corrected chi connectivity index (χ3v) is 9.94. The number of primary amides is 1. The van der Waals surface area contributed by atoms with E-state index in [1.54, 1.807) is 19.2 Å².